The Balaban J connectivity index is 2.38. The quantitative estimate of drug-likeness (QED) is 0.583. The van der Waals surface area contributed by atoms with Gasteiger partial charge in [0.2, 0.25) is 5.91 Å². The molecule has 2 aromatic rings. The average Bonchev–Trinajstić information content (AvgIpc) is 2.66. The number of hydrogen-bond acceptors (Lipinski definition) is 5. The first-order valence-corrected chi connectivity index (χ1v) is 10.4. The van der Waals surface area contributed by atoms with Gasteiger partial charge in [0.25, 0.3) is 5.56 Å². The van der Waals surface area contributed by atoms with Crippen LogP contribution in [0.2, 0.25) is 0 Å². The molecule has 4 N–H and O–H groups in total. The second-order valence-electron chi connectivity index (χ2n) is 8.07. The van der Waals surface area contributed by atoms with E-state index < -0.39 is 11.2 Å². The number of aromatic nitrogens is 2. The summed E-state index contributed by atoms with van der Waals surface area (Å²) in [6, 6.07) is 5.72. The normalized spacial score (nSPS) is 11.0. The first-order valence-electron chi connectivity index (χ1n) is 10.4. The molecule has 1 heterocycles. The summed E-state index contributed by atoms with van der Waals surface area (Å²) in [5.74, 6) is 0.00809. The van der Waals surface area contributed by atoms with Gasteiger partial charge >= 0.3 is 5.69 Å². The van der Waals surface area contributed by atoms with Crippen molar-refractivity contribution in [1.82, 2.24) is 9.55 Å². The molecule has 0 bridgehead atoms. The van der Waals surface area contributed by atoms with Crippen molar-refractivity contribution in [2.24, 2.45) is 5.92 Å². The number of aryl methyl sites for hydroxylation is 1. The minimum atomic E-state index is -0.576. The molecule has 0 radical (unpaired) electrons. The molecule has 8 nitrogen and oxygen atoms in total. The smallest absolute Gasteiger partial charge is 0.330 e. The zero-order valence-electron chi connectivity index (χ0n) is 18.5. The van der Waals surface area contributed by atoms with Gasteiger partial charge in [-0.25, -0.2) is 4.79 Å². The lowest BCUT2D eigenvalue weighted by Crippen LogP contribution is -2.42. The lowest BCUT2D eigenvalue weighted by Gasteiger charge is -2.26. The van der Waals surface area contributed by atoms with Crippen LogP contribution in [0.5, 0.6) is 0 Å². The molecule has 0 atom stereocenters. The van der Waals surface area contributed by atoms with Crippen LogP contribution >= 0.6 is 0 Å². The molecule has 0 unspecified atom stereocenters. The van der Waals surface area contributed by atoms with E-state index in [2.05, 4.69) is 10.3 Å². The number of nitrogen functional groups attached to an aromatic ring is 1. The van der Waals surface area contributed by atoms with Crippen molar-refractivity contribution in [3.05, 3.63) is 50.2 Å². The molecule has 1 amide bonds. The highest BCUT2D eigenvalue weighted by Gasteiger charge is 2.21. The minimum Gasteiger partial charge on any atom is -0.383 e. The third-order valence-corrected chi connectivity index (χ3v) is 5.07. The van der Waals surface area contributed by atoms with E-state index in [1.165, 1.54) is 4.57 Å². The summed E-state index contributed by atoms with van der Waals surface area (Å²) in [5.41, 5.74) is 8.11. The SMILES string of the molecule is CCCCN(CC(=O)Nc1cccc(C)c1C)c1c(N)n(CC(C)C)c(=O)[nH]c1=O. The first-order chi connectivity index (χ1) is 14.1. The van der Waals surface area contributed by atoms with Crippen LogP contribution in [-0.4, -0.2) is 28.5 Å². The summed E-state index contributed by atoms with van der Waals surface area (Å²) in [6.07, 6.45) is 1.66. The number of H-pyrrole nitrogens is 1. The van der Waals surface area contributed by atoms with E-state index in [-0.39, 0.29) is 29.9 Å². The maximum Gasteiger partial charge on any atom is 0.330 e. The predicted octanol–water partition coefficient (Wildman–Crippen LogP) is 2.64. The Morgan fingerprint density at radius 2 is 1.97 bits per heavy atom. The van der Waals surface area contributed by atoms with Gasteiger partial charge in [-0.15, -0.1) is 0 Å². The fourth-order valence-electron chi connectivity index (χ4n) is 3.30. The molecular weight excluding hydrogens is 382 g/mol. The Morgan fingerprint density at radius 3 is 2.60 bits per heavy atom. The van der Waals surface area contributed by atoms with Gasteiger partial charge in [0.1, 0.15) is 11.5 Å². The highest BCUT2D eigenvalue weighted by Crippen LogP contribution is 2.20. The molecule has 8 heteroatoms. The fraction of sp³-hybridized carbons (Fsp3) is 0.500. The Morgan fingerprint density at radius 1 is 1.27 bits per heavy atom. The van der Waals surface area contributed by atoms with Gasteiger partial charge in [-0.05, 0) is 43.4 Å². The Bertz CT molecular complexity index is 1010. The maximum atomic E-state index is 12.8. The van der Waals surface area contributed by atoms with Gasteiger partial charge in [-0.3, -0.25) is 19.1 Å². The van der Waals surface area contributed by atoms with E-state index in [0.29, 0.717) is 13.1 Å². The number of nitrogens with one attached hydrogen (secondary N) is 2. The van der Waals surface area contributed by atoms with Gasteiger partial charge < -0.3 is 16.0 Å². The number of amides is 1. The summed E-state index contributed by atoms with van der Waals surface area (Å²) in [7, 11) is 0. The molecule has 0 saturated carbocycles. The highest BCUT2D eigenvalue weighted by atomic mass is 16.2. The van der Waals surface area contributed by atoms with Crippen LogP contribution in [0.3, 0.4) is 0 Å². The van der Waals surface area contributed by atoms with Crippen molar-refractivity contribution < 1.29 is 4.79 Å². The van der Waals surface area contributed by atoms with Crippen LogP contribution in [0, 0.1) is 19.8 Å². The molecule has 0 saturated heterocycles. The van der Waals surface area contributed by atoms with Crippen molar-refractivity contribution in [1.29, 1.82) is 0 Å². The number of anilines is 3. The van der Waals surface area contributed by atoms with E-state index in [1.807, 2.05) is 52.8 Å². The predicted molar refractivity (Wildman–Crippen MR) is 122 cm³/mol. The molecule has 0 aliphatic heterocycles. The molecule has 164 valence electrons. The Hall–Kier alpha value is -3.03. The molecule has 0 aliphatic carbocycles. The van der Waals surface area contributed by atoms with E-state index in [4.69, 9.17) is 5.73 Å². The number of unbranched alkanes of at least 4 members (excludes halogenated alkanes) is 1. The fourth-order valence-corrected chi connectivity index (χ4v) is 3.30. The van der Waals surface area contributed by atoms with Crippen LogP contribution in [-0.2, 0) is 11.3 Å². The van der Waals surface area contributed by atoms with E-state index >= 15 is 0 Å². The molecular formula is C22H33N5O3. The molecule has 30 heavy (non-hydrogen) atoms. The van der Waals surface area contributed by atoms with Gasteiger partial charge in [-0.2, -0.15) is 0 Å². The van der Waals surface area contributed by atoms with Crippen molar-refractivity contribution in [2.45, 2.75) is 54.0 Å². The average molecular weight is 416 g/mol. The van der Waals surface area contributed by atoms with Crippen LogP contribution < -0.4 is 27.2 Å². The second kappa shape index (κ2) is 10.1. The van der Waals surface area contributed by atoms with Crippen LogP contribution in [0.4, 0.5) is 17.2 Å². The van der Waals surface area contributed by atoms with Crippen LogP contribution in [0.1, 0.15) is 44.7 Å². The molecule has 1 aromatic heterocycles. The van der Waals surface area contributed by atoms with Gasteiger partial charge in [-0.1, -0.05) is 39.3 Å². The van der Waals surface area contributed by atoms with Gasteiger partial charge in [0.15, 0.2) is 0 Å². The third-order valence-electron chi connectivity index (χ3n) is 5.07. The molecule has 0 spiro atoms. The van der Waals surface area contributed by atoms with Gasteiger partial charge in [0.05, 0.1) is 6.54 Å². The number of aromatic amines is 1. The number of nitrogens with zero attached hydrogens (tertiary/aromatic N) is 2. The number of carbonyl (C=O) groups excluding carboxylic acids is 1. The van der Waals surface area contributed by atoms with Crippen molar-refractivity contribution in [3.63, 3.8) is 0 Å². The van der Waals surface area contributed by atoms with Crippen molar-refractivity contribution in [3.8, 4) is 0 Å². The van der Waals surface area contributed by atoms with Crippen LogP contribution in [0.25, 0.3) is 0 Å². The van der Waals surface area contributed by atoms with Crippen molar-refractivity contribution in [2.75, 3.05) is 29.0 Å². The van der Waals surface area contributed by atoms with E-state index in [9.17, 15) is 14.4 Å². The lowest BCUT2D eigenvalue weighted by molar-refractivity contribution is -0.115. The summed E-state index contributed by atoms with van der Waals surface area (Å²) in [4.78, 5) is 41.7. The monoisotopic (exact) mass is 415 g/mol. The first kappa shape index (κ1) is 23.3. The van der Waals surface area contributed by atoms with E-state index in [0.717, 1.165) is 29.7 Å². The number of benzene rings is 1. The minimum absolute atomic E-state index is 0.0411. The lowest BCUT2D eigenvalue weighted by atomic mass is 10.1. The molecule has 1 aromatic carbocycles. The topological polar surface area (TPSA) is 113 Å². The summed E-state index contributed by atoms with van der Waals surface area (Å²) in [6.45, 7) is 10.7. The summed E-state index contributed by atoms with van der Waals surface area (Å²) < 4.78 is 1.36. The Kier molecular flexibility index (Phi) is 7.86. The highest BCUT2D eigenvalue weighted by molar-refractivity contribution is 5.95. The Labute approximate surface area is 177 Å². The van der Waals surface area contributed by atoms with Gasteiger partial charge in [0, 0.05) is 18.8 Å². The summed E-state index contributed by atoms with van der Waals surface area (Å²) >= 11 is 0. The second-order valence-corrected chi connectivity index (χ2v) is 8.07. The number of rotatable bonds is 9. The number of carbonyl (C=O) groups is 1. The number of nitrogens with two attached hydrogens (primary N) is 1. The zero-order valence-corrected chi connectivity index (χ0v) is 18.5. The zero-order chi connectivity index (χ0) is 22.4. The molecule has 2 rings (SSSR count). The van der Waals surface area contributed by atoms with E-state index in [1.54, 1.807) is 4.90 Å². The van der Waals surface area contributed by atoms with Crippen molar-refractivity contribution >= 4 is 23.1 Å². The van der Waals surface area contributed by atoms with Crippen LogP contribution in [0.15, 0.2) is 27.8 Å². The largest absolute Gasteiger partial charge is 0.383 e. The standard InChI is InChI=1S/C22H33N5O3/c1-6-7-11-26(13-18(28)24-17-10-8-9-15(4)16(17)5)19-20(23)27(12-14(2)3)22(30)25-21(19)29/h8-10,14H,6-7,11-13,23H2,1-5H3,(H,24,28)(H,25,29,30). The summed E-state index contributed by atoms with van der Waals surface area (Å²) in [5, 5.41) is 2.92. The number of hydrogen-bond donors (Lipinski definition) is 3. The molecule has 0 fully saturated rings. The third kappa shape index (κ3) is 5.52. The maximum absolute atomic E-state index is 12.8. The molecule has 0 aliphatic rings.